The van der Waals surface area contributed by atoms with E-state index in [9.17, 15) is 10.1 Å². The fraction of sp³-hybridized carbons (Fsp3) is 0.786. The Kier molecular flexibility index (Phi) is 4.22. The van der Waals surface area contributed by atoms with E-state index in [1.54, 1.807) is 11.6 Å². The van der Waals surface area contributed by atoms with E-state index in [0.717, 1.165) is 12.8 Å². The van der Waals surface area contributed by atoms with E-state index in [1.165, 1.54) is 0 Å². The molecule has 1 saturated heterocycles. The van der Waals surface area contributed by atoms with Gasteiger partial charge in [-0.2, -0.15) is 5.10 Å². The second-order valence-corrected chi connectivity index (χ2v) is 6.52. The van der Waals surface area contributed by atoms with E-state index in [-0.39, 0.29) is 28.3 Å². The Morgan fingerprint density at radius 1 is 1.52 bits per heavy atom. The van der Waals surface area contributed by atoms with Crippen LogP contribution in [0.5, 0.6) is 0 Å². The highest BCUT2D eigenvalue weighted by atomic mass is 16.6. The maximum absolute atomic E-state index is 11.3. The van der Waals surface area contributed by atoms with Crippen molar-refractivity contribution in [2.45, 2.75) is 65.1 Å². The molecule has 0 aliphatic carbocycles. The Morgan fingerprint density at radius 3 is 2.71 bits per heavy atom. The summed E-state index contributed by atoms with van der Waals surface area (Å²) in [5.41, 5.74) is 0.318. The molecule has 0 saturated carbocycles. The van der Waals surface area contributed by atoms with Crippen LogP contribution >= 0.6 is 0 Å². The van der Waals surface area contributed by atoms with Crippen LogP contribution in [-0.4, -0.2) is 33.0 Å². The number of aryl methyl sites for hydroxylation is 1. The molecule has 0 amide bonds. The first-order chi connectivity index (χ1) is 9.71. The Hall–Kier alpha value is -1.63. The molecule has 1 aromatic heterocycles. The predicted molar refractivity (Wildman–Crippen MR) is 80.7 cm³/mol. The molecule has 1 aliphatic heterocycles. The molecule has 7 heteroatoms. The minimum absolute atomic E-state index is 0.0627. The number of rotatable bonds is 4. The highest BCUT2D eigenvalue weighted by Gasteiger charge is 2.33. The third kappa shape index (κ3) is 3.34. The number of aromatic nitrogens is 2. The lowest BCUT2D eigenvalue weighted by molar-refractivity contribution is -0.384. The van der Waals surface area contributed by atoms with E-state index >= 15 is 0 Å². The van der Waals surface area contributed by atoms with Crippen molar-refractivity contribution in [2.75, 3.05) is 11.9 Å². The average Bonchev–Trinajstić information content (AvgIpc) is 2.65. The molecule has 2 heterocycles. The first kappa shape index (κ1) is 15.8. The van der Waals surface area contributed by atoms with Crippen molar-refractivity contribution in [3.05, 3.63) is 15.8 Å². The topological polar surface area (TPSA) is 82.2 Å². The first-order valence-corrected chi connectivity index (χ1v) is 7.35. The number of hydrogen-bond donors (Lipinski definition) is 1. The minimum Gasteiger partial charge on any atom is -0.375 e. The summed E-state index contributed by atoms with van der Waals surface area (Å²) in [4.78, 5) is 11.0. The monoisotopic (exact) mass is 296 g/mol. The third-order valence-electron chi connectivity index (χ3n) is 3.76. The van der Waals surface area contributed by atoms with Gasteiger partial charge in [-0.25, -0.2) is 4.68 Å². The molecule has 2 rings (SSSR count). The first-order valence-electron chi connectivity index (χ1n) is 7.35. The van der Waals surface area contributed by atoms with E-state index in [2.05, 4.69) is 10.4 Å². The van der Waals surface area contributed by atoms with Gasteiger partial charge >= 0.3 is 5.69 Å². The van der Waals surface area contributed by atoms with Crippen molar-refractivity contribution in [2.24, 2.45) is 0 Å². The number of nitrogens with zero attached hydrogens (tertiary/aromatic N) is 3. The molecular formula is C14H24N4O3. The standard InChI is InChI=1S/C14H24N4O3/c1-9(2)17-13(12(18(19)20)10(3)16-17)15-11-6-7-21-14(4,5)8-11/h9,11,15H,6-8H2,1-5H3. The van der Waals surface area contributed by atoms with Crippen molar-refractivity contribution in [1.29, 1.82) is 0 Å². The van der Waals surface area contributed by atoms with Gasteiger partial charge in [-0.1, -0.05) is 0 Å². The Labute approximate surface area is 124 Å². The molecule has 1 fully saturated rings. The van der Waals surface area contributed by atoms with Gasteiger partial charge in [-0.05, 0) is 47.5 Å². The zero-order valence-electron chi connectivity index (χ0n) is 13.3. The lowest BCUT2D eigenvalue weighted by Gasteiger charge is -2.36. The molecule has 0 spiro atoms. The van der Waals surface area contributed by atoms with Crippen LogP contribution in [0.15, 0.2) is 0 Å². The van der Waals surface area contributed by atoms with Crippen LogP contribution in [-0.2, 0) is 4.74 Å². The molecule has 1 atom stereocenters. The maximum atomic E-state index is 11.3. The van der Waals surface area contributed by atoms with Crippen LogP contribution in [0, 0.1) is 17.0 Å². The van der Waals surface area contributed by atoms with Crippen LogP contribution in [0.1, 0.15) is 52.3 Å². The van der Waals surface area contributed by atoms with E-state index < -0.39 is 0 Å². The molecule has 21 heavy (non-hydrogen) atoms. The zero-order chi connectivity index (χ0) is 15.8. The smallest absolute Gasteiger partial charge is 0.333 e. The predicted octanol–water partition coefficient (Wildman–Crippen LogP) is 3.05. The summed E-state index contributed by atoms with van der Waals surface area (Å²) in [6.45, 7) is 10.4. The van der Waals surface area contributed by atoms with Gasteiger partial charge in [0.15, 0.2) is 0 Å². The molecular weight excluding hydrogens is 272 g/mol. The molecule has 1 aromatic rings. The molecule has 1 unspecified atom stereocenters. The maximum Gasteiger partial charge on any atom is 0.333 e. The number of anilines is 1. The lowest BCUT2D eigenvalue weighted by Crippen LogP contribution is -2.40. The van der Waals surface area contributed by atoms with Gasteiger partial charge in [-0.3, -0.25) is 10.1 Å². The van der Waals surface area contributed by atoms with Crippen molar-refractivity contribution >= 4 is 11.5 Å². The van der Waals surface area contributed by atoms with Crippen molar-refractivity contribution in [3.8, 4) is 0 Å². The van der Waals surface area contributed by atoms with Crippen molar-refractivity contribution in [1.82, 2.24) is 9.78 Å². The van der Waals surface area contributed by atoms with Crippen molar-refractivity contribution < 1.29 is 9.66 Å². The Bertz CT molecular complexity index is 537. The summed E-state index contributed by atoms with van der Waals surface area (Å²) < 4.78 is 7.40. The van der Waals surface area contributed by atoms with E-state index in [0.29, 0.717) is 18.1 Å². The SMILES string of the molecule is Cc1nn(C(C)C)c(NC2CCOC(C)(C)C2)c1[N+](=O)[O-]. The quantitative estimate of drug-likeness (QED) is 0.682. The van der Waals surface area contributed by atoms with E-state index in [1.807, 2.05) is 27.7 Å². The lowest BCUT2D eigenvalue weighted by atomic mass is 9.94. The van der Waals surface area contributed by atoms with Crippen LogP contribution in [0.25, 0.3) is 0 Å². The molecule has 118 valence electrons. The number of nitro groups is 1. The molecule has 0 radical (unpaired) electrons. The second-order valence-electron chi connectivity index (χ2n) is 6.52. The molecule has 7 nitrogen and oxygen atoms in total. The van der Waals surface area contributed by atoms with Crippen LogP contribution < -0.4 is 5.32 Å². The Balaban J connectivity index is 2.31. The average molecular weight is 296 g/mol. The molecule has 0 aromatic carbocycles. The summed E-state index contributed by atoms with van der Waals surface area (Å²) >= 11 is 0. The third-order valence-corrected chi connectivity index (χ3v) is 3.76. The van der Waals surface area contributed by atoms with Crippen molar-refractivity contribution in [3.63, 3.8) is 0 Å². The largest absolute Gasteiger partial charge is 0.375 e. The summed E-state index contributed by atoms with van der Waals surface area (Å²) in [5, 5.41) is 19.0. The fourth-order valence-electron chi connectivity index (χ4n) is 2.81. The second kappa shape index (κ2) is 5.63. The normalized spacial score (nSPS) is 21.5. The highest BCUT2D eigenvalue weighted by Crippen LogP contribution is 2.34. The summed E-state index contributed by atoms with van der Waals surface area (Å²) in [6, 6.07) is 0.216. The van der Waals surface area contributed by atoms with Crippen LogP contribution in [0.2, 0.25) is 0 Å². The van der Waals surface area contributed by atoms with Gasteiger partial charge < -0.3 is 10.1 Å². The minimum atomic E-state index is -0.353. The summed E-state index contributed by atoms with van der Waals surface area (Å²) in [5.74, 6) is 0.509. The Morgan fingerprint density at radius 2 is 2.19 bits per heavy atom. The zero-order valence-corrected chi connectivity index (χ0v) is 13.3. The molecule has 1 N–H and O–H groups in total. The van der Waals surface area contributed by atoms with Gasteiger partial charge in [0, 0.05) is 18.7 Å². The van der Waals surface area contributed by atoms with E-state index in [4.69, 9.17) is 4.74 Å². The van der Waals surface area contributed by atoms with Crippen LogP contribution in [0.3, 0.4) is 0 Å². The molecule has 0 bridgehead atoms. The fourth-order valence-corrected chi connectivity index (χ4v) is 2.81. The van der Waals surface area contributed by atoms with Gasteiger partial charge in [-0.15, -0.1) is 0 Å². The van der Waals surface area contributed by atoms with Gasteiger partial charge in [0.1, 0.15) is 5.69 Å². The van der Waals surface area contributed by atoms with Gasteiger partial charge in [0.25, 0.3) is 0 Å². The highest BCUT2D eigenvalue weighted by molar-refractivity contribution is 5.60. The summed E-state index contributed by atoms with van der Waals surface area (Å²) in [7, 11) is 0. The summed E-state index contributed by atoms with van der Waals surface area (Å²) in [6.07, 6.45) is 1.65. The molecule has 1 aliphatic rings. The number of ether oxygens (including phenoxy) is 1. The van der Waals surface area contributed by atoms with Crippen LogP contribution in [0.4, 0.5) is 11.5 Å². The number of hydrogen-bond acceptors (Lipinski definition) is 5. The number of nitrogens with one attached hydrogen (secondary N) is 1. The van der Waals surface area contributed by atoms with Gasteiger partial charge in [0.05, 0.1) is 10.5 Å². The van der Waals surface area contributed by atoms with Gasteiger partial charge in [0.2, 0.25) is 5.82 Å².